The predicted molar refractivity (Wildman–Crippen MR) is 115 cm³/mol. The lowest BCUT2D eigenvalue weighted by Gasteiger charge is -2.14. The molecule has 0 amide bonds. The van der Waals surface area contributed by atoms with Gasteiger partial charge in [-0.15, -0.1) is 0 Å². The highest BCUT2D eigenvalue weighted by Gasteiger charge is 2.36. The first-order valence-corrected chi connectivity index (χ1v) is 9.68. The molecule has 0 aliphatic rings. The van der Waals surface area contributed by atoms with E-state index in [9.17, 15) is 13.2 Å². The normalized spacial score (nSPS) is 11.7. The number of benzene rings is 3. The second kappa shape index (κ2) is 7.40. The van der Waals surface area contributed by atoms with E-state index in [4.69, 9.17) is 0 Å². The van der Waals surface area contributed by atoms with Gasteiger partial charge in [-0.25, -0.2) is 9.97 Å². The highest BCUT2D eigenvalue weighted by atomic mass is 19.4. The topological polar surface area (TPSA) is 30.7 Å². The number of aromatic nitrogens is 3. The van der Waals surface area contributed by atoms with E-state index in [0.29, 0.717) is 16.6 Å². The van der Waals surface area contributed by atoms with E-state index in [-0.39, 0.29) is 11.5 Å². The first kappa shape index (κ1) is 19.1. The molecule has 5 aromatic rings. The monoisotopic (exact) mass is 415 g/mol. The smallest absolute Gasteiger partial charge is 0.277 e. The predicted octanol–water partition coefficient (Wildman–Crippen LogP) is 6.77. The van der Waals surface area contributed by atoms with Crippen molar-refractivity contribution < 1.29 is 13.2 Å². The first-order chi connectivity index (χ1) is 15.1. The van der Waals surface area contributed by atoms with E-state index in [0.717, 1.165) is 17.2 Å². The molecule has 0 saturated carbocycles. The Balaban J connectivity index is 2.03. The maximum absolute atomic E-state index is 14.1. The number of rotatable bonds is 3. The van der Waals surface area contributed by atoms with Crippen LogP contribution in [0.5, 0.6) is 0 Å². The molecule has 2 aromatic heterocycles. The molecule has 0 atom stereocenters. The fourth-order valence-corrected chi connectivity index (χ4v) is 3.94. The molecule has 2 heterocycles. The van der Waals surface area contributed by atoms with Crippen molar-refractivity contribution in [3.05, 3.63) is 103 Å². The zero-order valence-corrected chi connectivity index (χ0v) is 16.2. The summed E-state index contributed by atoms with van der Waals surface area (Å²) in [5.41, 5.74) is 2.24. The van der Waals surface area contributed by atoms with Crippen LogP contribution in [0, 0.1) is 0 Å². The van der Waals surface area contributed by atoms with Gasteiger partial charge in [-0.3, -0.25) is 4.57 Å². The molecule has 0 spiro atoms. The summed E-state index contributed by atoms with van der Waals surface area (Å²) < 4.78 is 43.8. The van der Waals surface area contributed by atoms with Crippen molar-refractivity contribution >= 4 is 10.9 Å². The lowest BCUT2D eigenvalue weighted by atomic mass is 9.97. The van der Waals surface area contributed by atoms with E-state index in [1.165, 1.54) is 23.0 Å². The molecular formula is C25H16F3N3. The van der Waals surface area contributed by atoms with Gasteiger partial charge in [0.2, 0.25) is 5.95 Å². The van der Waals surface area contributed by atoms with Crippen LogP contribution >= 0.6 is 0 Å². The molecule has 5 rings (SSSR count). The van der Waals surface area contributed by atoms with Crippen LogP contribution in [0.2, 0.25) is 0 Å². The molecular weight excluding hydrogens is 399 g/mol. The van der Waals surface area contributed by atoms with Gasteiger partial charge in [-0.2, -0.15) is 13.2 Å². The van der Waals surface area contributed by atoms with Crippen LogP contribution < -0.4 is 0 Å². The Morgan fingerprint density at radius 1 is 0.645 bits per heavy atom. The third-order valence-corrected chi connectivity index (χ3v) is 5.16. The molecule has 3 aromatic carbocycles. The fraction of sp³-hybridized carbons (Fsp3) is 0.0400. The van der Waals surface area contributed by atoms with Crippen LogP contribution in [0.3, 0.4) is 0 Å². The summed E-state index contributed by atoms with van der Waals surface area (Å²) in [5, 5.41) is 0.493. The molecule has 0 fully saturated rings. The zero-order valence-electron chi connectivity index (χ0n) is 16.2. The number of hydrogen-bond acceptors (Lipinski definition) is 2. The summed E-state index contributed by atoms with van der Waals surface area (Å²) >= 11 is 0. The minimum Gasteiger partial charge on any atom is -0.277 e. The Labute approximate surface area is 176 Å². The van der Waals surface area contributed by atoms with Gasteiger partial charge in [0.15, 0.2) is 0 Å². The van der Waals surface area contributed by atoms with Gasteiger partial charge in [0.05, 0.1) is 16.8 Å². The van der Waals surface area contributed by atoms with Crippen LogP contribution in [-0.2, 0) is 6.18 Å². The average molecular weight is 415 g/mol. The molecule has 0 radical (unpaired) electrons. The maximum atomic E-state index is 14.1. The van der Waals surface area contributed by atoms with Gasteiger partial charge >= 0.3 is 6.18 Å². The Morgan fingerprint density at radius 3 is 1.87 bits per heavy atom. The number of para-hydroxylation sites is 1. The van der Waals surface area contributed by atoms with E-state index < -0.39 is 11.7 Å². The van der Waals surface area contributed by atoms with Crippen LogP contribution in [0.25, 0.3) is 39.2 Å². The molecule has 0 saturated heterocycles. The van der Waals surface area contributed by atoms with Crippen molar-refractivity contribution in [1.82, 2.24) is 14.5 Å². The fourth-order valence-electron chi connectivity index (χ4n) is 3.94. The Morgan fingerprint density at radius 2 is 1.26 bits per heavy atom. The Bertz CT molecular complexity index is 1340. The summed E-state index contributed by atoms with van der Waals surface area (Å²) in [6, 6.07) is 24.7. The summed E-state index contributed by atoms with van der Waals surface area (Å²) in [7, 11) is 0. The van der Waals surface area contributed by atoms with Gasteiger partial charge in [-0.05, 0) is 23.3 Å². The number of nitrogens with zero attached hydrogens (tertiary/aromatic N) is 3. The molecule has 31 heavy (non-hydrogen) atoms. The van der Waals surface area contributed by atoms with E-state index >= 15 is 0 Å². The molecule has 3 nitrogen and oxygen atoms in total. The highest BCUT2D eigenvalue weighted by Crippen LogP contribution is 2.46. The number of halogens is 3. The van der Waals surface area contributed by atoms with Gasteiger partial charge in [0.25, 0.3) is 0 Å². The molecule has 0 aliphatic heterocycles. The van der Waals surface area contributed by atoms with Gasteiger partial charge in [0, 0.05) is 23.3 Å². The lowest BCUT2D eigenvalue weighted by Crippen LogP contribution is -2.10. The standard InChI is InChI=1S/C25H16F3N3/c26-25(27,28)20-14-7-13-19-21(17-9-3-1-4-10-17)22(18-11-5-2-6-12-18)31(23(19)20)24-29-15-8-16-30-24/h1-16H. The number of fused-ring (bicyclic) bond motifs is 1. The highest BCUT2D eigenvalue weighted by molar-refractivity contribution is 6.06. The summed E-state index contributed by atoms with van der Waals surface area (Å²) in [6.07, 6.45) is -1.48. The lowest BCUT2D eigenvalue weighted by molar-refractivity contribution is -0.136. The zero-order chi connectivity index (χ0) is 21.4. The number of hydrogen-bond donors (Lipinski definition) is 0. The summed E-state index contributed by atoms with van der Waals surface area (Å²) in [4.78, 5) is 8.60. The van der Waals surface area contributed by atoms with Crippen molar-refractivity contribution in [2.45, 2.75) is 6.18 Å². The minimum absolute atomic E-state index is 0.0407. The third kappa shape index (κ3) is 3.26. The van der Waals surface area contributed by atoms with Crippen LogP contribution in [0.4, 0.5) is 13.2 Å². The molecule has 0 bridgehead atoms. The second-order valence-electron chi connectivity index (χ2n) is 7.04. The summed E-state index contributed by atoms with van der Waals surface area (Å²) in [6.45, 7) is 0. The summed E-state index contributed by atoms with van der Waals surface area (Å²) in [5.74, 6) is 0.185. The Kier molecular flexibility index (Phi) is 4.55. The molecule has 0 aliphatic carbocycles. The van der Waals surface area contributed by atoms with Gasteiger partial charge in [0.1, 0.15) is 0 Å². The third-order valence-electron chi connectivity index (χ3n) is 5.16. The van der Waals surface area contributed by atoms with E-state index in [1.54, 1.807) is 12.1 Å². The van der Waals surface area contributed by atoms with Crippen LogP contribution in [0.15, 0.2) is 97.3 Å². The van der Waals surface area contributed by atoms with Crippen molar-refractivity contribution in [2.24, 2.45) is 0 Å². The Hall–Kier alpha value is -3.93. The SMILES string of the molecule is FC(F)(F)c1cccc2c(-c3ccccc3)c(-c3ccccc3)n(-c3ncccn3)c12. The van der Waals surface area contributed by atoms with Crippen LogP contribution in [-0.4, -0.2) is 14.5 Å². The van der Waals surface area contributed by atoms with Crippen molar-refractivity contribution in [3.8, 4) is 28.3 Å². The molecule has 0 N–H and O–H groups in total. The number of alkyl halides is 3. The minimum atomic E-state index is -4.54. The maximum Gasteiger partial charge on any atom is 0.418 e. The van der Waals surface area contributed by atoms with Crippen molar-refractivity contribution in [2.75, 3.05) is 0 Å². The van der Waals surface area contributed by atoms with Crippen LogP contribution in [0.1, 0.15) is 5.56 Å². The van der Waals surface area contributed by atoms with E-state index in [2.05, 4.69) is 9.97 Å². The molecule has 6 heteroatoms. The first-order valence-electron chi connectivity index (χ1n) is 9.68. The van der Waals surface area contributed by atoms with Crippen molar-refractivity contribution in [3.63, 3.8) is 0 Å². The van der Waals surface area contributed by atoms with Gasteiger partial charge < -0.3 is 0 Å². The second-order valence-corrected chi connectivity index (χ2v) is 7.04. The van der Waals surface area contributed by atoms with Gasteiger partial charge in [-0.1, -0.05) is 72.8 Å². The van der Waals surface area contributed by atoms with Crippen molar-refractivity contribution in [1.29, 1.82) is 0 Å². The largest absolute Gasteiger partial charge is 0.418 e. The molecule has 0 unspecified atom stereocenters. The van der Waals surface area contributed by atoms with E-state index in [1.807, 2.05) is 60.7 Å². The quantitative estimate of drug-likeness (QED) is 0.325. The average Bonchev–Trinajstić information content (AvgIpc) is 3.15. The molecule has 152 valence electrons.